The number of alkyl halides is 3. The number of fused-ring (bicyclic) bond motifs is 2. The summed E-state index contributed by atoms with van der Waals surface area (Å²) >= 11 is 0. The van der Waals surface area contributed by atoms with Crippen LogP contribution in [0.2, 0.25) is 0 Å². The van der Waals surface area contributed by atoms with Gasteiger partial charge in [-0.1, -0.05) is 26.8 Å². The molecule has 0 aromatic carbocycles. The van der Waals surface area contributed by atoms with E-state index >= 15 is 0 Å². The third-order valence-corrected chi connectivity index (χ3v) is 6.11. The van der Waals surface area contributed by atoms with Gasteiger partial charge < -0.3 is 10.2 Å². The van der Waals surface area contributed by atoms with Gasteiger partial charge in [0.1, 0.15) is 0 Å². The van der Waals surface area contributed by atoms with Crippen LogP contribution in [0, 0.1) is 12.3 Å². The number of halogens is 3. The van der Waals surface area contributed by atoms with Crippen LogP contribution in [0.3, 0.4) is 0 Å². The lowest BCUT2D eigenvalue weighted by Gasteiger charge is -2.34. The molecule has 0 saturated carbocycles. The minimum absolute atomic E-state index is 0.0906. The molecule has 2 aliphatic heterocycles. The van der Waals surface area contributed by atoms with Gasteiger partial charge in [0.15, 0.2) is 0 Å². The molecule has 1 fully saturated rings. The number of aryl methyl sites for hydroxylation is 1. The van der Waals surface area contributed by atoms with E-state index in [2.05, 4.69) is 36.2 Å². The SMILES string of the molecule is Cc1cnc(Nc2cnn(CC(C)(C)C)c2)nc1C1=CC2CCC(C1)N2C(=O)CCC(F)(F)F. The molecule has 7 nitrogen and oxygen atoms in total. The fourth-order valence-corrected chi connectivity index (χ4v) is 4.73. The van der Waals surface area contributed by atoms with Gasteiger partial charge in [-0.3, -0.25) is 9.48 Å². The number of hydrogen-bond donors (Lipinski definition) is 1. The second-order valence-electron chi connectivity index (χ2n) is 10.4. The lowest BCUT2D eigenvalue weighted by Crippen LogP contribution is -2.43. The zero-order chi connectivity index (χ0) is 24.7. The van der Waals surface area contributed by atoms with Gasteiger partial charge in [0.25, 0.3) is 0 Å². The molecule has 0 radical (unpaired) electrons. The van der Waals surface area contributed by atoms with E-state index in [9.17, 15) is 18.0 Å². The van der Waals surface area contributed by atoms with Crippen molar-refractivity contribution in [1.29, 1.82) is 0 Å². The number of nitrogens with zero attached hydrogens (tertiary/aromatic N) is 5. The molecule has 1 N–H and O–H groups in total. The van der Waals surface area contributed by atoms with Crippen molar-refractivity contribution in [2.24, 2.45) is 5.41 Å². The second-order valence-corrected chi connectivity index (χ2v) is 10.4. The molecule has 2 aliphatic rings. The van der Waals surface area contributed by atoms with E-state index in [-0.39, 0.29) is 17.5 Å². The van der Waals surface area contributed by atoms with Crippen LogP contribution in [0.1, 0.15) is 64.1 Å². The molecule has 0 spiro atoms. The normalized spacial score (nSPS) is 20.4. The Labute approximate surface area is 197 Å². The highest BCUT2D eigenvalue weighted by Gasteiger charge is 2.41. The summed E-state index contributed by atoms with van der Waals surface area (Å²) in [4.78, 5) is 23.3. The average molecular weight is 477 g/mol. The Bertz CT molecular complexity index is 1090. The summed E-state index contributed by atoms with van der Waals surface area (Å²) in [6.07, 6.45) is 3.62. The lowest BCUT2D eigenvalue weighted by atomic mass is 9.96. The molecule has 10 heteroatoms. The summed E-state index contributed by atoms with van der Waals surface area (Å²) in [5, 5.41) is 7.60. The van der Waals surface area contributed by atoms with Crippen molar-refractivity contribution in [3.8, 4) is 0 Å². The van der Waals surface area contributed by atoms with Gasteiger partial charge in [-0.2, -0.15) is 18.3 Å². The standard InChI is InChI=1S/C24H31F3N6O/c1-15-11-28-22(30-17-12-29-32(13-17)14-23(2,3)4)31-21(15)16-9-18-5-6-19(10-16)33(18)20(34)7-8-24(25,26)27/h9,11-13,18-19H,5-8,10,14H2,1-4H3,(H,28,30,31). The zero-order valence-electron chi connectivity index (χ0n) is 20.0. The van der Waals surface area contributed by atoms with Gasteiger partial charge in [-0.15, -0.1) is 0 Å². The number of carbonyl (C=O) groups excluding carboxylic acids is 1. The maximum absolute atomic E-state index is 12.6. The summed E-state index contributed by atoms with van der Waals surface area (Å²) in [6, 6.07) is -0.275. The maximum atomic E-state index is 12.6. The number of hydrogen-bond acceptors (Lipinski definition) is 5. The summed E-state index contributed by atoms with van der Waals surface area (Å²) in [6.45, 7) is 9.15. The van der Waals surface area contributed by atoms with Crippen LogP contribution in [0.15, 0.2) is 24.7 Å². The molecule has 2 aromatic heterocycles. The largest absolute Gasteiger partial charge is 0.389 e. The highest BCUT2D eigenvalue weighted by atomic mass is 19.4. The Hall–Kier alpha value is -2.91. The van der Waals surface area contributed by atoms with Crippen molar-refractivity contribution in [3.05, 3.63) is 35.9 Å². The van der Waals surface area contributed by atoms with Crippen LogP contribution in [0.5, 0.6) is 0 Å². The zero-order valence-corrected chi connectivity index (χ0v) is 20.0. The van der Waals surface area contributed by atoms with E-state index < -0.39 is 24.9 Å². The van der Waals surface area contributed by atoms with Crippen LogP contribution in [-0.2, 0) is 11.3 Å². The molecule has 4 rings (SSSR count). The van der Waals surface area contributed by atoms with E-state index in [4.69, 9.17) is 4.98 Å². The van der Waals surface area contributed by atoms with Crippen molar-refractivity contribution >= 4 is 23.1 Å². The Morgan fingerprint density at radius 1 is 1.21 bits per heavy atom. The highest BCUT2D eigenvalue weighted by molar-refractivity contribution is 5.80. The first-order chi connectivity index (χ1) is 15.9. The van der Waals surface area contributed by atoms with Crippen LogP contribution < -0.4 is 5.32 Å². The molecule has 2 aromatic rings. The Morgan fingerprint density at radius 2 is 1.97 bits per heavy atom. The smallest absolute Gasteiger partial charge is 0.333 e. The predicted octanol–water partition coefficient (Wildman–Crippen LogP) is 5.26. The van der Waals surface area contributed by atoms with Crippen molar-refractivity contribution in [2.75, 3.05) is 5.32 Å². The van der Waals surface area contributed by atoms with Crippen molar-refractivity contribution in [3.63, 3.8) is 0 Å². The molecule has 34 heavy (non-hydrogen) atoms. The number of anilines is 2. The molecule has 2 unspecified atom stereocenters. The predicted molar refractivity (Wildman–Crippen MR) is 123 cm³/mol. The van der Waals surface area contributed by atoms with Crippen LogP contribution in [0.4, 0.5) is 24.8 Å². The summed E-state index contributed by atoms with van der Waals surface area (Å²) in [5.41, 5.74) is 3.62. The van der Waals surface area contributed by atoms with Gasteiger partial charge in [0, 0.05) is 31.4 Å². The summed E-state index contributed by atoms with van der Waals surface area (Å²) in [7, 11) is 0. The first-order valence-corrected chi connectivity index (χ1v) is 11.6. The first kappa shape index (κ1) is 24.2. The van der Waals surface area contributed by atoms with Crippen LogP contribution >= 0.6 is 0 Å². The molecule has 0 aliphatic carbocycles. The molecule has 184 valence electrons. The monoisotopic (exact) mass is 476 g/mol. The summed E-state index contributed by atoms with van der Waals surface area (Å²) < 4.78 is 39.6. The molecule has 4 heterocycles. The molecule has 2 atom stereocenters. The van der Waals surface area contributed by atoms with Gasteiger partial charge in [-0.05, 0) is 42.7 Å². The number of carbonyl (C=O) groups is 1. The first-order valence-electron chi connectivity index (χ1n) is 11.6. The highest BCUT2D eigenvalue weighted by Crippen LogP contribution is 2.39. The average Bonchev–Trinajstić information content (AvgIpc) is 3.26. The van der Waals surface area contributed by atoms with E-state index in [0.717, 1.165) is 41.9 Å². The van der Waals surface area contributed by atoms with Gasteiger partial charge in [0.05, 0.1) is 30.0 Å². The number of rotatable bonds is 6. The van der Waals surface area contributed by atoms with Gasteiger partial charge in [0.2, 0.25) is 11.9 Å². The van der Waals surface area contributed by atoms with Crippen LogP contribution in [0.25, 0.3) is 5.57 Å². The lowest BCUT2D eigenvalue weighted by molar-refractivity contribution is -0.150. The molecule has 1 amide bonds. The van der Waals surface area contributed by atoms with E-state index in [1.54, 1.807) is 17.3 Å². The molecule has 1 saturated heterocycles. The van der Waals surface area contributed by atoms with Crippen molar-refractivity contribution < 1.29 is 18.0 Å². The minimum atomic E-state index is -4.32. The molecular formula is C24H31F3N6O. The summed E-state index contributed by atoms with van der Waals surface area (Å²) in [5.74, 6) is 0.0296. The maximum Gasteiger partial charge on any atom is 0.389 e. The quantitative estimate of drug-likeness (QED) is 0.616. The fourth-order valence-electron chi connectivity index (χ4n) is 4.73. The van der Waals surface area contributed by atoms with E-state index in [1.165, 1.54) is 0 Å². The topological polar surface area (TPSA) is 75.9 Å². The Morgan fingerprint density at radius 3 is 2.65 bits per heavy atom. The van der Waals surface area contributed by atoms with E-state index in [0.29, 0.717) is 12.4 Å². The number of amides is 1. The van der Waals surface area contributed by atoms with Gasteiger partial charge in [-0.25, -0.2) is 9.97 Å². The second kappa shape index (κ2) is 9.03. The third kappa shape index (κ3) is 5.77. The Kier molecular flexibility index (Phi) is 6.44. The van der Waals surface area contributed by atoms with Gasteiger partial charge >= 0.3 is 6.18 Å². The third-order valence-electron chi connectivity index (χ3n) is 6.11. The van der Waals surface area contributed by atoms with Crippen molar-refractivity contribution in [1.82, 2.24) is 24.6 Å². The Balaban J connectivity index is 1.49. The number of aromatic nitrogens is 4. The van der Waals surface area contributed by atoms with Crippen LogP contribution in [-0.4, -0.2) is 48.8 Å². The molecular weight excluding hydrogens is 445 g/mol. The van der Waals surface area contributed by atoms with Crippen molar-refractivity contribution in [2.45, 2.75) is 84.6 Å². The number of nitrogens with one attached hydrogen (secondary N) is 1. The molecule has 2 bridgehead atoms. The minimum Gasteiger partial charge on any atom is -0.333 e. The fraction of sp³-hybridized carbons (Fsp3) is 0.583. The van der Waals surface area contributed by atoms with E-state index in [1.807, 2.05) is 23.9 Å².